The van der Waals surface area contributed by atoms with E-state index in [1.807, 2.05) is 0 Å². The van der Waals surface area contributed by atoms with Gasteiger partial charge in [-0.05, 0) is 40.5 Å². The van der Waals surface area contributed by atoms with E-state index < -0.39 is 21.6 Å². The number of carbonyl (C=O) groups excluding carboxylic acids is 1. The molecule has 7 heteroatoms. The molecule has 0 aromatic heterocycles. The summed E-state index contributed by atoms with van der Waals surface area (Å²) in [6, 6.07) is 3.56. The Kier molecular flexibility index (Phi) is 3.72. The SMILES string of the molecule is O=C(NC1CCS(=O)(=O)C1)c1ccc(F)c(Br)c1. The van der Waals surface area contributed by atoms with Crippen molar-refractivity contribution in [2.75, 3.05) is 11.5 Å². The van der Waals surface area contributed by atoms with Crippen molar-refractivity contribution in [3.05, 3.63) is 34.1 Å². The Hall–Kier alpha value is -0.950. The molecule has 1 heterocycles. The molecule has 1 fully saturated rings. The highest BCUT2D eigenvalue weighted by molar-refractivity contribution is 9.10. The molecule has 0 bridgehead atoms. The topological polar surface area (TPSA) is 63.2 Å². The minimum atomic E-state index is -3.02. The average molecular weight is 336 g/mol. The summed E-state index contributed by atoms with van der Waals surface area (Å²) in [5, 5.41) is 2.64. The summed E-state index contributed by atoms with van der Waals surface area (Å²) in [5.74, 6) is -0.764. The van der Waals surface area contributed by atoms with Crippen LogP contribution in [0.15, 0.2) is 22.7 Å². The van der Waals surface area contributed by atoms with Crippen LogP contribution >= 0.6 is 15.9 Å². The third-order valence-electron chi connectivity index (χ3n) is 2.75. The molecule has 1 N–H and O–H groups in total. The summed E-state index contributed by atoms with van der Waals surface area (Å²) >= 11 is 2.99. The van der Waals surface area contributed by atoms with Gasteiger partial charge in [-0.15, -0.1) is 0 Å². The molecule has 18 heavy (non-hydrogen) atoms. The molecule has 1 aromatic rings. The van der Waals surface area contributed by atoms with Crippen molar-refractivity contribution in [3.63, 3.8) is 0 Å². The normalized spacial score (nSPS) is 21.8. The molecule has 4 nitrogen and oxygen atoms in total. The number of carbonyl (C=O) groups is 1. The Morgan fingerprint density at radius 1 is 1.44 bits per heavy atom. The highest BCUT2D eigenvalue weighted by Gasteiger charge is 2.29. The van der Waals surface area contributed by atoms with Gasteiger partial charge in [-0.1, -0.05) is 0 Å². The number of benzene rings is 1. The summed E-state index contributed by atoms with van der Waals surface area (Å²) in [4.78, 5) is 11.8. The van der Waals surface area contributed by atoms with E-state index in [4.69, 9.17) is 0 Å². The molecule has 1 amide bonds. The third-order valence-corrected chi connectivity index (χ3v) is 5.13. The Labute approximate surface area is 113 Å². The fraction of sp³-hybridized carbons (Fsp3) is 0.364. The molecule has 2 rings (SSSR count). The van der Waals surface area contributed by atoms with E-state index >= 15 is 0 Å². The zero-order chi connectivity index (χ0) is 13.3. The predicted molar refractivity (Wildman–Crippen MR) is 68.6 cm³/mol. The maximum atomic E-state index is 13.0. The first-order valence-electron chi connectivity index (χ1n) is 5.34. The monoisotopic (exact) mass is 335 g/mol. The van der Waals surface area contributed by atoms with Crippen LogP contribution in [-0.2, 0) is 9.84 Å². The van der Waals surface area contributed by atoms with Gasteiger partial charge in [0.25, 0.3) is 5.91 Å². The van der Waals surface area contributed by atoms with Gasteiger partial charge in [-0.2, -0.15) is 0 Å². The Balaban J connectivity index is 2.06. The van der Waals surface area contributed by atoms with Crippen molar-refractivity contribution in [1.29, 1.82) is 0 Å². The highest BCUT2D eigenvalue weighted by Crippen LogP contribution is 2.17. The summed E-state index contributed by atoms with van der Waals surface area (Å²) < 4.78 is 35.7. The van der Waals surface area contributed by atoms with E-state index in [1.54, 1.807) is 0 Å². The van der Waals surface area contributed by atoms with E-state index in [1.165, 1.54) is 18.2 Å². The smallest absolute Gasteiger partial charge is 0.251 e. The van der Waals surface area contributed by atoms with Gasteiger partial charge in [0.05, 0.1) is 16.0 Å². The van der Waals surface area contributed by atoms with Crippen molar-refractivity contribution in [1.82, 2.24) is 5.32 Å². The van der Waals surface area contributed by atoms with E-state index in [-0.39, 0.29) is 22.0 Å². The van der Waals surface area contributed by atoms with Gasteiger partial charge in [0, 0.05) is 11.6 Å². The first-order chi connectivity index (χ1) is 8.37. The maximum absolute atomic E-state index is 13.0. The van der Waals surface area contributed by atoms with Crippen LogP contribution < -0.4 is 5.32 Å². The first kappa shape index (κ1) is 13.5. The number of hydrogen-bond acceptors (Lipinski definition) is 3. The molecule has 0 spiro atoms. The fourth-order valence-corrected chi connectivity index (χ4v) is 3.87. The second-order valence-corrected chi connectivity index (χ2v) is 7.29. The third kappa shape index (κ3) is 3.08. The lowest BCUT2D eigenvalue weighted by Gasteiger charge is -2.11. The van der Waals surface area contributed by atoms with Crippen molar-refractivity contribution >= 4 is 31.7 Å². The largest absolute Gasteiger partial charge is 0.348 e. The number of sulfone groups is 1. The van der Waals surface area contributed by atoms with Crippen LogP contribution in [0.1, 0.15) is 16.8 Å². The van der Waals surface area contributed by atoms with Crippen LogP contribution in [0, 0.1) is 5.82 Å². The van der Waals surface area contributed by atoms with Gasteiger partial charge in [-0.3, -0.25) is 4.79 Å². The fourth-order valence-electron chi connectivity index (χ4n) is 1.81. The quantitative estimate of drug-likeness (QED) is 0.890. The maximum Gasteiger partial charge on any atom is 0.251 e. The number of nitrogens with one attached hydrogen (secondary N) is 1. The molecular formula is C11H11BrFNO3S. The predicted octanol–water partition coefficient (Wildman–Crippen LogP) is 1.51. The van der Waals surface area contributed by atoms with Gasteiger partial charge in [-0.25, -0.2) is 12.8 Å². The van der Waals surface area contributed by atoms with Crippen molar-refractivity contribution < 1.29 is 17.6 Å². The standard InChI is InChI=1S/C11H11BrFNO3S/c12-9-5-7(1-2-10(9)13)11(15)14-8-3-4-18(16,17)6-8/h1-2,5,8H,3-4,6H2,(H,14,15). The number of amides is 1. The lowest BCUT2D eigenvalue weighted by Crippen LogP contribution is -2.35. The number of hydrogen-bond donors (Lipinski definition) is 1. The summed E-state index contributed by atoms with van der Waals surface area (Å²) in [7, 11) is -3.02. The Morgan fingerprint density at radius 2 is 2.17 bits per heavy atom. The van der Waals surface area contributed by atoms with Crippen molar-refractivity contribution in [2.45, 2.75) is 12.5 Å². The van der Waals surface area contributed by atoms with Crippen LogP contribution in [0.2, 0.25) is 0 Å². The van der Waals surface area contributed by atoms with Crippen LogP contribution in [0.4, 0.5) is 4.39 Å². The zero-order valence-electron chi connectivity index (χ0n) is 9.32. The molecule has 98 valence electrons. The molecule has 0 aliphatic carbocycles. The number of halogens is 2. The van der Waals surface area contributed by atoms with E-state index in [0.717, 1.165) is 0 Å². The Morgan fingerprint density at radius 3 is 2.72 bits per heavy atom. The summed E-state index contributed by atoms with van der Waals surface area (Å²) in [6.45, 7) is 0. The molecule has 1 unspecified atom stereocenters. The van der Waals surface area contributed by atoms with E-state index in [9.17, 15) is 17.6 Å². The molecule has 1 saturated heterocycles. The van der Waals surface area contributed by atoms with Crippen molar-refractivity contribution in [3.8, 4) is 0 Å². The van der Waals surface area contributed by atoms with Gasteiger partial charge >= 0.3 is 0 Å². The van der Waals surface area contributed by atoms with Gasteiger partial charge in [0.15, 0.2) is 9.84 Å². The van der Waals surface area contributed by atoms with Gasteiger partial charge in [0.2, 0.25) is 0 Å². The molecule has 1 aliphatic heterocycles. The minimum absolute atomic E-state index is 0.0267. The lowest BCUT2D eigenvalue weighted by molar-refractivity contribution is 0.0941. The van der Waals surface area contributed by atoms with E-state index in [2.05, 4.69) is 21.2 Å². The molecule has 0 radical (unpaired) electrons. The highest BCUT2D eigenvalue weighted by atomic mass is 79.9. The molecular weight excluding hydrogens is 325 g/mol. The first-order valence-corrected chi connectivity index (χ1v) is 7.95. The minimum Gasteiger partial charge on any atom is -0.348 e. The molecule has 1 atom stereocenters. The van der Waals surface area contributed by atoms with Crippen LogP contribution in [0.3, 0.4) is 0 Å². The Bertz CT molecular complexity index is 588. The van der Waals surface area contributed by atoms with Gasteiger partial charge < -0.3 is 5.32 Å². The molecule has 1 aliphatic rings. The second-order valence-electron chi connectivity index (χ2n) is 4.20. The van der Waals surface area contributed by atoms with Crippen LogP contribution in [0.25, 0.3) is 0 Å². The van der Waals surface area contributed by atoms with Crippen LogP contribution in [-0.4, -0.2) is 31.9 Å². The summed E-state index contributed by atoms with van der Waals surface area (Å²) in [5.41, 5.74) is 0.299. The molecule has 0 saturated carbocycles. The van der Waals surface area contributed by atoms with Crippen molar-refractivity contribution in [2.24, 2.45) is 0 Å². The zero-order valence-corrected chi connectivity index (χ0v) is 11.7. The molecule has 1 aromatic carbocycles. The van der Waals surface area contributed by atoms with Crippen LogP contribution in [0.5, 0.6) is 0 Å². The number of rotatable bonds is 2. The lowest BCUT2D eigenvalue weighted by atomic mass is 10.2. The average Bonchev–Trinajstić information content (AvgIpc) is 2.62. The van der Waals surface area contributed by atoms with E-state index in [0.29, 0.717) is 12.0 Å². The second kappa shape index (κ2) is 4.97. The van der Waals surface area contributed by atoms with Gasteiger partial charge in [0.1, 0.15) is 5.82 Å². The summed E-state index contributed by atoms with van der Waals surface area (Å²) in [6.07, 6.45) is 0.427.